The first-order chi connectivity index (χ1) is 11.1. The Morgan fingerprint density at radius 1 is 1.22 bits per heavy atom. The molecule has 0 unspecified atom stereocenters. The third kappa shape index (κ3) is 2.89. The molecule has 2 aromatic heterocycles. The first kappa shape index (κ1) is 14.7. The van der Waals surface area contributed by atoms with Crippen LogP contribution in [0.4, 0.5) is 4.39 Å². The first-order valence-electron chi connectivity index (χ1n) is 6.79. The van der Waals surface area contributed by atoms with E-state index >= 15 is 0 Å². The summed E-state index contributed by atoms with van der Waals surface area (Å²) < 4.78 is 14.0. The van der Waals surface area contributed by atoms with Crippen LogP contribution >= 0.6 is 0 Å². The summed E-state index contributed by atoms with van der Waals surface area (Å²) in [4.78, 5) is 28.3. The predicted molar refractivity (Wildman–Crippen MR) is 80.7 cm³/mol. The zero-order valence-corrected chi connectivity index (χ0v) is 11.9. The Hall–Kier alpha value is -3.22. The molecule has 2 heterocycles. The summed E-state index contributed by atoms with van der Waals surface area (Å²) in [5.74, 6) is -1.75. The second kappa shape index (κ2) is 5.88. The van der Waals surface area contributed by atoms with Gasteiger partial charge in [-0.2, -0.15) is 4.98 Å². The molecule has 0 fully saturated rings. The van der Waals surface area contributed by atoms with Crippen molar-refractivity contribution >= 4 is 11.6 Å². The summed E-state index contributed by atoms with van der Waals surface area (Å²) in [6.45, 7) is 0.0927. The van der Waals surface area contributed by atoms with Crippen molar-refractivity contribution < 1.29 is 14.3 Å². The Morgan fingerprint density at radius 2 is 1.96 bits per heavy atom. The number of aromatic nitrogens is 2. The van der Waals surface area contributed by atoms with E-state index in [0.717, 1.165) is 0 Å². The molecule has 3 aromatic rings. The van der Waals surface area contributed by atoms with Gasteiger partial charge in [-0.1, -0.05) is 18.2 Å². The maximum Gasteiger partial charge on any atom is 0.274 e. The molecule has 0 bridgehead atoms. The predicted octanol–water partition coefficient (Wildman–Crippen LogP) is 1.47. The third-order valence-corrected chi connectivity index (χ3v) is 3.31. The number of aromatic hydroxyl groups is 1. The molecule has 0 radical (unpaired) electrons. The molecule has 0 aliphatic carbocycles. The van der Waals surface area contributed by atoms with E-state index in [2.05, 4.69) is 10.3 Å². The number of carbonyl (C=O) groups excluding carboxylic acids is 1. The Balaban J connectivity index is 1.89. The van der Waals surface area contributed by atoms with E-state index in [0.29, 0.717) is 5.56 Å². The molecule has 7 heteroatoms. The van der Waals surface area contributed by atoms with Gasteiger partial charge < -0.3 is 10.4 Å². The van der Waals surface area contributed by atoms with Gasteiger partial charge in [-0.15, -0.1) is 0 Å². The second-order valence-corrected chi connectivity index (χ2v) is 4.85. The van der Waals surface area contributed by atoms with E-state index in [-0.39, 0.29) is 18.0 Å². The van der Waals surface area contributed by atoms with E-state index in [1.807, 2.05) is 0 Å². The molecule has 0 aliphatic rings. The van der Waals surface area contributed by atoms with Gasteiger partial charge in [-0.05, 0) is 29.8 Å². The van der Waals surface area contributed by atoms with Crippen LogP contribution in [0.15, 0.2) is 53.5 Å². The molecule has 0 atom stereocenters. The average molecular weight is 313 g/mol. The van der Waals surface area contributed by atoms with Gasteiger partial charge in [0.05, 0.1) is 0 Å². The summed E-state index contributed by atoms with van der Waals surface area (Å²) in [7, 11) is 0. The van der Waals surface area contributed by atoms with Gasteiger partial charge in [-0.3, -0.25) is 14.0 Å². The Kier molecular flexibility index (Phi) is 3.76. The fourth-order valence-electron chi connectivity index (χ4n) is 2.15. The molecular formula is C16H12FN3O3. The molecule has 116 valence electrons. The third-order valence-electron chi connectivity index (χ3n) is 3.31. The van der Waals surface area contributed by atoms with E-state index in [1.165, 1.54) is 34.9 Å². The number of nitrogens with zero attached hydrogens (tertiary/aromatic N) is 2. The van der Waals surface area contributed by atoms with Gasteiger partial charge in [0.1, 0.15) is 11.5 Å². The lowest BCUT2D eigenvalue weighted by Crippen LogP contribution is -2.31. The zero-order valence-electron chi connectivity index (χ0n) is 11.9. The Morgan fingerprint density at radius 3 is 2.70 bits per heavy atom. The molecule has 0 spiro atoms. The standard InChI is InChI=1S/C16H12FN3O3/c17-11-6-4-10(5-7-11)9-18-14(21)13-15(22)19-12-3-1-2-8-20(12)16(13)23/h1-8,22H,9H2,(H,18,21). The van der Waals surface area contributed by atoms with Crippen molar-refractivity contribution in [2.75, 3.05) is 0 Å². The van der Waals surface area contributed by atoms with Crippen LogP contribution in [0.5, 0.6) is 5.88 Å². The van der Waals surface area contributed by atoms with E-state index < -0.39 is 22.9 Å². The van der Waals surface area contributed by atoms with Crippen LogP contribution < -0.4 is 10.9 Å². The first-order valence-corrected chi connectivity index (χ1v) is 6.79. The average Bonchev–Trinajstić information content (AvgIpc) is 2.54. The van der Waals surface area contributed by atoms with Crippen molar-refractivity contribution in [3.8, 4) is 5.88 Å². The van der Waals surface area contributed by atoms with Gasteiger partial charge in [-0.25, -0.2) is 4.39 Å². The molecule has 2 N–H and O–H groups in total. The molecule has 1 aromatic carbocycles. The fourth-order valence-corrected chi connectivity index (χ4v) is 2.15. The van der Waals surface area contributed by atoms with Crippen LogP contribution in [0.1, 0.15) is 15.9 Å². The molecule has 6 nitrogen and oxygen atoms in total. The van der Waals surface area contributed by atoms with Crippen molar-refractivity contribution in [2.24, 2.45) is 0 Å². The summed E-state index contributed by atoms with van der Waals surface area (Å²) >= 11 is 0. The highest BCUT2D eigenvalue weighted by atomic mass is 19.1. The van der Waals surface area contributed by atoms with E-state index in [9.17, 15) is 19.1 Å². The SMILES string of the molecule is O=C(NCc1ccc(F)cc1)c1c(O)nc2ccccn2c1=O. The maximum absolute atomic E-state index is 12.8. The highest BCUT2D eigenvalue weighted by Crippen LogP contribution is 2.11. The van der Waals surface area contributed by atoms with Gasteiger partial charge in [0.25, 0.3) is 11.5 Å². The quantitative estimate of drug-likeness (QED) is 0.767. The minimum atomic E-state index is -0.748. The second-order valence-electron chi connectivity index (χ2n) is 4.85. The lowest BCUT2D eigenvalue weighted by atomic mass is 10.2. The van der Waals surface area contributed by atoms with Crippen LogP contribution in [0.3, 0.4) is 0 Å². The number of hydrogen-bond donors (Lipinski definition) is 2. The molecule has 1 amide bonds. The number of pyridine rings is 1. The fraction of sp³-hybridized carbons (Fsp3) is 0.0625. The zero-order chi connectivity index (χ0) is 16.4. The lowest BCUT2D eigenvalue weighted by molar-refractivity contribution is 0.0945. The van der Waals surface area contributed by atoms with Gasteiger partial charge in [0.2, 0.25) is 5.88 Å². The molecular weight excluding hydrogens is 301 g/mol. The summed E-state index contributed by atoms with van der Waals surface area (Å²) in [6.07, 6.45) is 1.46. The van der Waals surface area contributed by atoms with Crippen molar-refractivity contribution in [2.45, 2.75) is 6.54 Å². The van der Waals surface area contributed by atoms with Gasteiger partial charge in [0, 0.05) is 12.7 Å². The Bertz CT molecular complexity index is 935. The summed E-state index contributed by atoms with van der Waals surface area (Å²) in [6, 6.07) is 10.4. The summed E-state index contributed by atoms with van der Waals surface area (Å²) in [5.41, 5.74) is -0.196. The van der Waals surface area contributed by atoms with Gasteiger partial charge in [0.15, 0.2) is 5.56 Å². The van der Waals surface area contributed by atoms with Crippen LogP contribution in [-0.4, -0.2) is 20.4 Å². The molecule has 0 saturated heterocycles. The Labute approximate surface area is 129 Å². The van der Waals surface area contributed by atoms with Crippen molar-refractivity contribution in [1.82, 2.24) is 14.7 Å². The lowest BCUT2D eigenvalue weighted by Gasteiger charge is -2.08. The number of rotatable bonds is 3. The number of carbonyl (C=O) groups is 1. The smallest absolute Gasteiger partial charge is 0.274 e. The minimum Gasteiger partial charge on any atom is -0.493 e. The van der Waals surface area contributed by atoms with E-state index in [1.54, 1.807) is 18.2 Å². The number of hydrogen-bond acceptors (Lipinski definition) is 4. The number of nitrogens with one attached hydrogen (secondary N) is 1. The van der Waals surface area contributed by atoms with Crippen LogP contribution in [0.25, 0.3) is 5.65 Å². The summed E-state index contributed by atoms with van der Waals surface area (Å²) in [5, 5.41) is 12.4. The minimum absolute atomic E-state index is 0.0927. The maximum atomic E-state index is 12.8. The van der Waals surface area contributed by atoms with Crippen LogP contribution in [0, 0.1) is 5.82 Å². The van der Waals surface area contributed by atoms with Crippen molar-refractivity contribution in [1.29, 1.82) is 0 Å². The topological polar surface area (TPSA) is 83.7 Å². The monoisotopic (exact) mass is 313 g/mol. The molecule has 3 rings (SSSR count). The largest absolute Gasteiger partial charge is 0.493 e. The number of benzene rings is 1. The number of fused-ring (bicyclic) bond motifs is 1. The number of amides is 1. The molecule has 0 saturated carbocycles. The normalized spacial score (nSPS) is 10.7. The highest BCUT2D eigenvalue weighted by molar-refractivity contribution is 5.96. The number of halogens is 1. The van der Waals surface area contributed by atoms with Gasteiger partial charge >= 0.3 is 0 Å². The van der Waals surface area contributed by atoms with E-state index in [4.69, 9.17) is 0 Å². The molecule has 23 heavy (non-hydrogen) atoms. The van der Waals surface area contributed by atoms with Crippen molar-refractivity contribution in [3.63, 3.8) is 0 Å². The van der Waals surface area contributed by atoms with Crippen molar-refractivity contribution in [3.05, 3.63) is 76.0 Å². The molecule has 0 aliphatic heterocycles. The van der Waals surface area contributed by atoms with Crippen LogP contribution in [-0.2, 0) is 6.54 Å². The van der Waals surface area contributed by atoms with Crippen LogP contribution in [0.2, 0.25) is 0 Å². The highest BCUT2D eigenvalue weighted by Gasteiger charge is 2.19.